The van der Waals surface area contributed by atoms with Gasteiger partial charge in [-0.1, -0.05) is 6.07 Å². The largest absolute Gasteiger partial charge is 0.506 e. The van der Waals surface area contributed by atoms with Crippen LogP contribution >= 0.6 is 22.6 Å². The molecule has 0 bridgehead atoms. The summed E-state index contributed by atoms with van der Waals surface area (Å²) >= 11 is 2.12. The summed E-state index contributed by atoms with van der Waals surface area (Å²) in [6.45, 7) is 1.71. The van der Waals surface area contributed by atoms with E-state index in [9.17, 15) is 19.5 Å². The van der Waals surface area contributed by atoms with Crippen LogP contribution in [0.25, 0.3) is 5.57 Å². The van der Waals surface area contributed by atoms with Gasteiger partial charge in [0.15, 0.2) is 0 Å². The Labute approximate surface area is 169 Å². The maximum atomic E-state index is 12.2. The first-order valence-electron chi connectivity index (χ1n) is 8.04. The molecule has 1 aliphatic rings. The third-order valence-electron chi connectivity index (χ3n) is 3.91. The SMILES string of the molecule is CC(=O)Nc1ccc(CNC=C2C(=O)NC(=O)c3ccc(I)cc32)cc1O. The number of hydrogen-bond acceptors (Lipinski definition) is 5. The number of fused-ring (bicyclic) bond motifs is 1. The van der Waals surface area contributed by atoms with Crippen molar-refractivity contribution in [3.63, 3.8) is 0 Å². The fourth-order valence-electron chi connectivity index (χ4n) is 2.69. The van der Waals surface area contributed by atoms with Crippen molar-refractivity contribution in [3.05, 3.63) is 62.9 Å². The highest BCUT2D eigenvalue weighted by Gasteiger charge is 2.27. The van der Waals surface area contributed by atoms with Crippen molar-refractivity contribution < 1.29 is 19.5 Å². The molecule has 27 heavy (non-hydrogen) atoms. The molecule has 2 aromatic carbocycles. The molecule has 0 atom stereocenters. The molecule has 0 aliphatic carbocycles. The molecule has 7 nitrogen and oxygen atoms in total. The summed E-state index contributed by atoms with van der Waals surface area (Å²) in [5.41, 5.74) is 2.47. The van der Waals surface area contributed by atoms with Crippen LogP contribution in [0.2, 0.25) is 0 Å². The monoisotopic (exact) mass is 477 g/mol. The van der Waals surface area contributed by atoms with E-state index in [1.165, 1.54) is 13.0 Å². The standard InChI is InChI=1S/C19H16IN3O4/c1-10(24)22-16-5-2-11(6-17(16)25)8-21-9-15-14-7-12(20)3-4-13(14)18(26)23-19(15)27/h2-7,9,21,25H,8H2,1H3,(H,22,24)(H,23,26,27). The zero-order chi connectivity index (χ0) is 19.6. The maximum absolute atomic E-state index is 12.2. The van der Waals surface area contributed by atoms with Gasteiger partial charge in [0.1, 0.15) is 5.75 Å². The molecule has 3 amide bonds. The molecule has 1 heterocycles. The van der Waals surface area contributed by atoms with Crippen LogP contribution in [0.5, 0.6) is 5.75 Å². The van der Waals surface area contributed by atoms with Crippen LogP contribution in [-0.4, -0.2) is 22.8 Å². The summed E-state index contributed by atoms with van der Waals surface area (Å²) in [6, 6.07) is 10.2. The summed E-state index contributed by atoms with van der Waals surface area (Å²) in [7, 11) is 0. The van der Waals surface area contributed by atoms with Crippen LogP contribution in [0.3, 0.4) is 0 Å². The summed E-state index contributed by atoms with van der Waals surface area (Å²) in [5, 5.41) is 17.8. The van der Waals surface area contributed by atoms with E-state index in [4.69, 9.17) is 0 Å². The van der Waals surface area contributed by atoms with Crippen molar-refractivity contribution in [2.45, 2.75) is 13.5 Å². The Hall–Kier alpha value is -2.88. The number of carbonyl (C=O) groups is 3. The van der Waals surface area contributed by atoms with Gasteiger partial charge in [-0.15, -0.1) is 0 Å². The van der Waals surface area contributed by atoms with Gasteiger partial charge in [0.25, 0.3) is 11.8 Å². The Morgan fingerprint density at radius 1 is 1.15 bits per heavy atom. The Morgan fingerprint density at radius 3 is 2.63 bits per heavy atom. The van der Waals surface area contributed by atoms with Crippen LogP contribution < -0.4 is 16.0 Å². The van der Waals surface area contributed by atoms with Gasteiger partial charge in [0, 0.05) is 34.4 Å². The minimum absolute atomic E-state index is 0.0435. The van der Waals surface area contributed by atoms with E-state index < -0.39 is 11.8 Å². The summed E-state index contributed by atoms with van der Waals surface area (Å²) in [6.07, 6.45) is 1.55. The predicted octanol–water partition coefficient (Wildman–Crippen LogP) is 2.36. The first-order chi connectivity index (χ1) is 12.8. The Morgan fingerprint density at radius 2 is 1.93 bits per heavy atom. The molecule has 0 aromatic heterocycles. The Balaban J connectivity index is 1.79. The van der Waals surface area contributed by atoms with Crippen molar-refractivity contribution >= 4 is 51.6 Å². The molecule has 0 saturated carbocycles. The first-order valence-corrected chi connectivity index (χ1v) is 9.11. The van der Waals surface area contributed by atoms with Crippen LogP contribution in [0, 0.1) is 3.57 Å². The number of aromatic hydroxyl groups is 1. The van der Waals surface area contributed by atoms with Crippen LogP contribution in [0.4, 0.5) is 5.69 Å². The minimum Gasteiger partial charge on any atom is -0.506 e. The molecular weight excluding hydrogens is 461 g/mol. The third-order valence-corrected chi connectivity index (χ3v) is 4.58. The number of anilines is 1. The third kappa shape index (κ3) is 4.27. The lowest BCUT2D eigenvalue weighted by molar-refractivity contribution is -0.115. The zero-order valence-electron chi connectivity index (χ0n) is 14.3. The number of carbonyl (C=O) groups excluding carboxylic acids is 3. The lowest BCUT2D eigenvalue weighted by atomic mass is 9.95. The topological polar surface area (TPSA) is 108 Å². The van der Waals surface area contributed by atoms with E-state index in [2.05, 4.69) is 38.5 Å². The van der Waals surface area contributed by atoms with Gasteiger partial charge >= 0.3 is 0 Å². The molecule has 1 aliphatic heterocycles. The van der Waals surface area contributed by atoms with E-state index in [0.717, 1.165) is 9.13 Å². The predicted molar refractivity (Wildman–Crippen MR) is 109 cm³/mol. The first kappa shape index (κ1) is 18.9. The summed E-state index contributed by atoms with van der Waals surface area (Å²) in [4.78, 5) is 35.2. The van der Waals surface area contributed by atoms with Crippen molar-refractivity contribution in [1.82, 2.24) is 10.6 Å². The van der Waals surface area contributed by atoms with Crippen molar-refractivity contribution in [2.24, 2.45) is 0 Å². The molecule has 4 N–H and O–H groups in total. The molecule has 0 saturated heterocycles. The molecule has 3 rings (SSSR count). The van der Waals surface area contributed by atoms with E-state index in [-0.39, 0.29) is 11.7 Å². The van der Waals surface area contributed by atoms with Crippen molar-refractivity contribution in [2.75, 3.05) is 5.32 Å². The van der Waals surface area contributed by atoms with Crippen molar-refractivity contribution in [1.29, 1.82) is 0 Å². The number of benzene rings is 2. The van der Waals surface area contributed by atoms with E-state index in [1.807, 2.05) is 0 Å². The second-order valence-electron chi connectivity index (χ2n) is 5.94. The van der Waals surface area contributed by atoms with Gasteiger partial charge in [-0.3, -0.25) is 19.7 Å². The fraction of sp³-hybridized carbons (Fsp3) is 0.105. The normalized spacial score (nSPS) is 14.5. The van der Waals surface area contributed by atoms with E-state index in [1.54, 1.807) is 36.5 Å². The quantitative estimate of drug-likeness (QED) is 0.234. The van der Waals surface area contributed by atoms with E-state index in [0.29, 0.717) is 28.9 Å². The lowest BCUT2D eigenvalue weighted by Crippen LogP contribution is -2.37. The van der Waals surface area contributed by atoms with Crippen molar-refractivity contribution in [3.8, 4) is 5.75 Å². The highest BCUT2D eigenvalue weighted by Crippen LogP contribution is 2.26. The zero-order valence-corrected chi connectivity index (χ0v) is 16.5. The average Bonchev–Trinajstić information content (AvgIpc) is 2.59. The van der Waals surface area contributed by atoms with Crippen LogP contribution in [-0.2, 0) is 16.1 Å². The molecule has 0 unspecified atom stereocenters. The minimum atomic E-state index is -0.467. The molecule has 0 fully saturated rings. The highest BCUT2D eigenvalue weighted by molar-refractivity contribution is 14.1. The second-order valence-corrected chi connectivity index (χ2v) is 7.19. The van der Waals surface area contributed by atoms with Gasteiger partial charge in [0.05, 0.1) is 11.3 Å². The average molecular weight is 477 g/mol. The Bertz CT molecular complexity index is 985. The number of phenolic OH excluding ortho intramolecular Hbond substituents is 1. The molecular formula is C19H16IN3O4. The molecule has 0 radical (unpaired) electrons. The number of nitrogens with one attached hydrogen (secondary N) is 3. The molecule has 0 spiro atoms. The number of rotatable bonds is 4. The molecule has 138 valence electrons. The fourth-order valence-corrected chi connectivity index (χ4v) is 3.19. The van der Waals surface area contributed by atoms with Gasteiger partial charge in [-0.25, -0.2) is 0 Å². The van der Waals surface area contributed by atoms with Gasteiger partial charge in [-0.2, -0.15) is 0 Å². The number of halogens is 1. The van der Waals surface area contributed by atoms with Crippen LogP contribution in [0.1, 0.15) is 28.4 Å². The highest BCUT2D eigenvalue weighted by atomic mass is 127. The smallest absolute Gasteiger partial charge is 0.260 e. The summed E-state index contributed by atoms with van der Waals surface area (Å²) in [5.74, 6) is -1.20. The lowest BCUT2D eigenvalue weighted by Gasteiger charge is -2.18. The van der Waals surface area contributed by atoms with Gasteiger partial charge in [-0.05, 0) is 58.5 Å². The number of phenols is 1. The Kier molecular flexibility index (Phi) is 5.45. The summed E-state index contributed by atoms with van der Waals surface area (Å²) < 4.78 is 0.915. The second kappa shape index (κ2) is 7.78. The van der Waals surface area contributed by atoms with Crippen LogP contribution in [0.15, 0.2) is 42.6 Å². The van der Waals surface area contributed by atoms with Gasteiger partial charge < -0.3 is 15.7 Å². The number of imide groups is 1. The molecule has 8 heteroatoms. The van der Waals surface area contributed by atoms with E-state index >= 15 is 0 Å². The van der Waals surface area contributed by atoms with Gasteiger partial charge in [0.2, 0.25) is 5.91 Å². The number of hydrogen-bond donors (Lipinski definition) is 4. The number of amides is 3. The maximum Gasteiger partial charge on any atom is 0.260 e. The molecule has 2 aromatic rings.